The average molecular weight is 700 g/mol. The van der Waals surface area contributed by atoms with E-state index in [0.29, 0.717) is 17.5 Å². The molecule has 15 nitrogen and oxygen atoms in total. The van der Waals surface area contributed by atoms with Gasteiger partial charge in [0.25, 0.3) is 5.91 Å². The first-order valence-electron chi connectivity index (χ1n) is 16.1. The number of rotatable bonds is 16. The minimum Gasteiger partial charge on any atom is -0.481 e. The molecule has 50 heavy (non-hydrogen) atoms. The molecular weight excluding hydrogens is 657 g/mol. The Morgan fingerprint density at radius 2 is 1.62 bits per heavy atom. The standard InChI is InChI=1S/C34H42FN5O10/c1-4-18(2)30(36-19(3)41)33(49)38-25(12-13-28(43)44)34(50)40-17-24(15-26(40)32(48)39-27(42)16-29(45)46)37-31(47)21-10-8-20(9-11-21)22-6-5-7-23(35)14-22/h5-11,14,18,24-27,30,42H,4,12-13,15-17H2,1-3H3,(H,36,41)(H,37,47)(H,38,49)(H,39,48)(H,43,44)(H,45,46)/t18-,24+,25-,26-,27+,30-/m0/s1. The van der Waals surface area contributed by atoms with E-state index >= 15 is 0 Å². The summed E-state index contributed by atoms with van der Waals surface area (Å²) in [4.78, 5) is 89.3. The van der Waals surface area contributed by atoms with Crippen molar-refractivity contribution in [3.63, 3.8) is 0 Å². The van der Waals surface area contributed by atoms with Crippen LogP contribution in [0.3, 0.4) is 0 Å². The van der Waals surface area contributed by atoms with Crippen LogP contribution >= 0.6 is 0 Å². The zero-order chi connectivity index (χ0) is 37.1. The SMILES string of the molecule is CC[C@H](C)[C@H](NC(C)=O)C(=O)N[C@@H](CCC(=O)O)C(=O)N1C[C@H](NC(=O)c2ccc(-c3cccc(F)c3)cc2)C[C@H]1C(=O)N[C@H](O)CC(=O)O. The third-order valence-corrected chi connectivity index (χ3v) is 8.32. The van der Waals surface area contributed by atoms with Crippen molar-refractivity contribution in [1.29, 1.82) is 0 Å². The highest BCUT2D eigenvalue weighted by Crippen LogP contribution is 2.24. The number of hydrogen-bond acceptors (Lipinski definition) is 8. The fourth-order valence-electron chi connectivity index (χ4n) is 5.57. The van der Waals surface area contributed by atoms with Crippen molar-refractivity contribution in [2.24, 2.45) is 5.92 Å². The third kappa shape index (κ3) is 11.1. The lowest BCUT2D eigenvalue weighted by molar-refractivity contribution is -0.145. The van der Waals surface area contributed by atoms with E-state index in [9.17, 15) is 48.2 Å². The predicted octanol–water partition coefficient (Wildman–Crippen LogP) is 1.00. The average Bonchev–Trinajstić information content (AvgIpc) is 3.48. The third-order valence-electron chi connectivity index (χ3n) is 8.32. The van der Waals surface area contributed by atoms with Crippen molar-refractivity contribution < 1.29 is 53.3 Å². The molecule has 0 saturated carbocycles. The van der Waals surface area contributed by atoms with E-state index in [1.807, 2.05) is 0 Å². The van der Waals surface area contributed by atoms with Crippen molar-refractivity contribution in [3.05, 3.63) is 59.9 Å². The summed E-state index contributed by atoms with van der Waals surface area (Å²) >= 11 is 0. The Morgan fingerprint density at radius 1 is 0.940 bits per heavy atom. The normalized spacial score (nSPS) is 17.8. The fourth-order valence-corrected chi connectivity index (χ4v) is 5.57. The molecule has 0 unspecified atom stereocenters. The van der Waals surface area contributed by atoms with Crippen LogP contribution in [0.15, 0.2) is 48.5 Å². The van der Waals surface area contributed by atoms with E-state index in [1.165, 1.54) is 31.2 Å². The van der Waals surface area contributed by atoms with Crippen LogP contribution in [-0.4, -0.2) is 98.6 Å². The van der Waals surface area contributed by atoms with Gasteiger partial charge >= 0.3 is 11.9 Å². The molecule has 1 heterocycles. The maximum Gasteiger partial charge on any atom is 0.307 e. The Hall–Kier alpha value is -5.38. The highest BCUT2D eigenvalue weighted by Gasteiger charge is 2.43. The van der Waals surface area contributed by atoms with Gasteiger partial charge < -0.3 is 41.5 Å². The molecule has 0 bridgehead atoms. The van der Waals surface area contributed by atoms with Gasteiger partial charge in [-0.05, 0) is 54.2 Å². The monoisotopic (exact) mass is 699 g/mol. The van der Waals surface area contributed by atoms with Gasteiger partial charge in [-0.2, -0.15) is 0 Å². The molecule has 270 valence electrons. The van der Waals surface area contributed by atoms with Crippen LogP contribution < -0.4 is 21.3 Å². The van der Waals surface area contributed by atoms with Gasteiger partial charge in [-0.1, -0.05) is 44.5 Å². The van der Waals surface area contributed by atoms with E-state index in [4.69, 9.17) is 5.11 Å². The molecule has 2 aromatic rings. The zero-order valence-corrected chi connectivity index (χ0v) is 27.9. The first kappa shape index (κ1) is 39.1. The van der Waals surface area contributed by atoms with Crippen LogP contribution in [0.4, 0.5) is 4.39 Å². The summed E-state index contributed by atoms with van der Waals surface area (Å²) in [5, 5.41) is 38.4. The Morgan fingerprint density at radius 3 is 2.20 bits per heavy atom. The Labute approximate surface area is 287 Å². The number of aliphatic hydroxyl groups is 1. The van der Waals surface area contributed by atoms with Gasteiger partial charge in [0.2, 0.25) is 23.6 Å². The zero-order valence-electron chi connectivity index (χ0n) is 27.9. The lowest BCUT2D eigenvalue weighted by Crippen LogP contribution is -2.58. The molecule has 0 aromatic heterocycles. The smallest absolute Gasteiger partial charge is 0.307 e. The summed E-state index contributed by atoms with van der Waals surface area (Å²) in [5.41, 5.74) is 1.46. The quantitative estimate of drug-likeness (QED) is 0.123. The highest BCUT2D eigenvalue weighted by atomic mass is 19.1. The van der Waals surface area contributed by atoms with E-state index in [-0.39, 0.29) is 30.9 Å². The number of carboxylic acid groups (broad SMARTS) is 2. The van der Waals surface area contributed by atoms with Crippen molar-refractivity contribution in [1.82, 2.24) is 26.2 Å². The summed E-state index contributed by atoms with van der Waals surface area (Å²) in [6.07, 6.45) is -3.26. The summed E-state index contributed by atoms with van der Waals surface area (Å²) < 4.78 is 13.7. The topological polar surface area (TPSA) is 232 Å². The maximum atomic E-state index is 14.0. The van der Waals surface area contributed by atoms with E-state index in [2.05, 4.69) is 21.3 Å². The van der Waals surface area contributed by atoms with Crippen LogP contribution in [0, 0.1) is 11.7 Å². The van der Waals surface area contributed by atoms with E-state index in [0.717, 1.165) is 4.90 Å². The van der Waals surface area contributed by atoms with Crippen molar-refractivity contribution in [2.75, 3.05) is 6.54 Å². The Kier molecular flexibility index (Phi) is 13.9. The van der Waals surface area contributed by atoms with Crippen molar-refractivity contribution in [2.45, 2.75) is 83.3 Å². The first-order chi connectivity index (χ1) is 23.6. The van der Waals surface area contributed by atoms with Crippen molar-refractivity contribution in [3.8, 4) is 11.1 Å². The molecule has 0 aliphatic carbocycles. The summed E-state index contributed by atoms with van der Waals surface area (Å²) in [7, 11) is 0. The van der Waals surface area contributed by atoms with Crippen molar-refractivity contribution >= 4 is 41.5 Å². The minimum absolute atomic E-state index is 0.175. The molecule has 1 saturated heterocycles. The van der Waals surface area contributed by atoms with Crippen LogP contribution in [0.5, 0.6) is 0 Å². The van der Waals surface area contributed by atoms with Gasteiger partial charge in [-0.15, -0.1) is 0 Å². The molecule has 3 rings (SSSR count). The molecule has 7 N–H and O–H groups in total. The number of hydrogen-bond donors (Lipinski definition) is 7. The molecule has 2 aromatic carbocycles. The molecule has 0 spiro atoms. The Bertz CT molecular complexity index is 1590. The molecule has 1 aliphatic heterocycles. The Balaban J connectivity index is 1.86. The number of carbonyl (C=O) groups excluding carboxylic acids is 5. The second-order valence-corrected chi connectivity index (χ2v) is 12.2. The van der Waals surface area contributed by atoms with Gasteiger partial charge in [-0.3, -0.25) is 33.6 Å². The van der Waals surface area contributed by atoms with Gasteiger partial charge in [0, 0.05) is 31.5 Å². The highest BCUT2D eigenvalue weighted by molar-refractivity contribution is 5.97. The molecule has 1 aliphatic rings. The van der Waals surface area contributed by atoms with Crippen LogP contribution in [0.2, 0.25) is 0 Å². The van der Waals surface area contributed by atoms with Crippen LogP contribution in [0.25, 0.3) is 11.1 Å². The number of nitrogens with one attached hydrogen (secondary N) is 4. The summed E-state index contributed by atoms with van der Waals surface area (Å²) in [5.74, 6) is -7.08. The number of likely N-dealkylation sites (tertiary alicyclic amines) is 1. The molecule has 16 heteroatoms. The number of halogens is 1. The van der Waals surface area contributed by atoms with Crippen LogP contribution in [0.1, 0.15) is 63.2 Å². The lowest BCUT2D eigenvalue weighted by atomic mass is 9.97. The van der Waals surface area contributed by atoms with E-state index in [1.54, 1.807) is 38.1 Å². The molecule has 6 atom stereocenters. The fraction of sp³-hybridized carbons (Fsp3) is 0.441. The minimum atomic E-state index is -1.81. The number of aliphatic carboxylic acids is 2. The number of aliphatic hydroxyl groups excluding tert-OH is 1. The lowest BCUT2D eigenvalue weighted by Gasteiger charge is -2.30. The molecule has 0 radical (unpaired) electrons. The van der Waals surface area contributed by atoms with Gasteiger partial charge in [0.15, 0.2) is 0 Å². The predicted molar refractivity (Wildman–Crippen MR) is 175 cm³/mol. The van der Waals surface area contributed by atoms with Gasteiger partial charge in [0.05, 0.1) is 6.42 Å². The maximum absolute atomic E-state index is 14.0. The van der Waals surface area contributed by atoms with Gasteiger partial charge in [0.1, 0.15) is 30.2 Å². The van der Waals surface area contributed by atoms with E-state index < -0.39 is 90.5 Å². The first-order valence-corrected chi connectivity index (χ1v) is 16.1. The van der Waals surface area contributed by atoms with Crippen LogP contribution in [-0.2, 0) is 28.8 Å². The number of carboxylic acids is 2. The number of nitrogens with zero attached hydrogens (tertiary/aromatic N) is 1. The molecule has 5 amide bonds. The number of carbonyl (C=O) groups is 7. The van der Waals surface area contributed by atoms with Gasteiger partial charge in [-0.25, -0.2) is 4.39 Å². The number of benzene rings is 2. The summed E-state index contributed by atoms with van der Waals surface area (Å²) in [6, 6.07) is 7.45. The summed E-state index contributed by atoms with van der Waals surface area (Å²) in [6.45, 7) is 4.45. The second-order valence-electron chi connectivity index (χ2n) is 12.2. The number of amides is 5. The largest absolute Gasteiger partial charge is 0.481 e. The molecule has 1 fully saturated rings. The molecular formula is C34H42FN5O10. The second kappa shape index (κ2) is 17.9.